The van der Waals surface area contributed by atoms with E-state index in [1.165, 1.54) is 0 Å². The number of nitrogens with zero attached hydrogens (tertiary/aromatic N) is 2. The molecule has 1 aromatic heterocycles. The molecule has 1 heterocycles. The Balaban J connectivity index is 1.77. The van der Waals surface area contributed by atoms with Crippen molar-refractivity contribution in [2.75, 3.05) is 17.2 Å². The first kappa shape index (κ1) is 18.0. The van der Waals surface area contributed by atoms with E-state index >= 15 is 0 Å². The first-order valence-electron chi connectivity index (χ1n) is 8.46. The number of para-hydroxylation sites is 2. The Morgan fingerprint density at radius 2 is 2.00 bits per heavy atom. The number of nitriles is 1. The van der Waals surface area contributed by atoms with Crippen LogP contribution in [0.2, 0.25) is 0 Å². The molecule has 0 radical (unpaired) electrons. The minimum atomic E-state index is -0.284. The Bertz CT molecular complexity index is 995. The molecule has 0 saturated heterocycles. The average molecular weight is 358 g/mol. The molecule has 6 nitrogen and oxygen atoms in total. The van der Waals surface area contributed by atoms with Crippen LogP contribution in [0.1, 0.15) is 22.8 Å². The number of aromatic nitrogens is 1. The van der Waals surface area contributed by atoms with Crippen molar-refractivity contribution in [1.82, 2.24) is 4.98 Å². The quantitative estimate of drug-likeness (QED) is 0.684. The molecule has 0 aliphatic carbocycles. The molecule has 134 valence electrons. The van der Waals surface area contributed by atoms with E-state index in [-0.39, 0.29) is 5.91 Å². The van der Waals surface area contributed by atoms with E-state index in [0.29, 0.717) is 35.0 Å². The van der Waals surface area contributed by atoms with Crippen LogP contribution < -0.4 is 15.4 Å². The molecule has 0 aliphatic heterocycles. The highest BCUT2D eigenvalue weighted by Crippen LogP contribution is 2.27. The summed E-state index contributed by atoms with van der Waals surface area (Å²) in [6.07, 6.45) is 1.56. The lowest BCUT2D eigenvalue weighted by Crippen LogP contribution is -2.12. The zero-order chi connectivity index (χ0) is 19.1. The summed E-state index contributed by atoms with van der Waals surface area (Å²) < 4.78 is 5.59. The van der Waals surface area contributed by atoms with Gasteiger partial charge in [0.2, 0.25) is 0 Å². The maximum absolute atomic E-state index is 12.5. The van der Waals surface area contributed by atoms with Crippen LogP contribution in [0.4, 0.5) is 17.2 Å². The molecule has 3 rings (SSSR count). The van der Waals surface area contributed by atoms with Crippen molar-refractivity contribution in [1.29, 1.82) is 5.26 Å². The Morgan fingerprint density at radius 1 is 1.15 bits per heavy atom. The van der Waals surface area contributed by atoms with E-state index in [4.69, 9.17) is 10.00 Å². The fourth-order valence-corrected chi connectivity index (χ4v) is 2.50. The molecule has 0 aliphatic rings. The maximum atomic E-state index is 12.5. The smallest absolute Gasteiger partial charge is 0.255 e. The van der Waals surface area contributed by atoms with Gasteiger partial charge in [0.1, 0.15) is 11.6 Å². The van der Waals surface area contributed by atoms with Gasteiger partial charge in [-0.3, -0.25) is 4.79 Å². The van der Waals surface area contributed by atoms with E-state index < -0.39 is 0 Å². The molecule has 0 fully saturated rings. The van der Waals surface area contributed by atoms with Gasteiger partial charge in [-0.2, -0.15) is 5.26 Å². The van der Waals surface area contributed by atoms with Gasteiger partial charge < -0.3 is 15.4 Å². The minimum absolute atomic E-state index is 0.284. The summed E-state index contributed by atoms with van der Waals surface area (Å²) in [6.45, 7) is 2.47. The van der Waals surface area contributed by atoms with Crippen molar-refractivity contribution in [3.8, 4) is 11.8 Å². The molecule has 2 aromatic carbocycles. The molecule has 0 atom stereocenters. The lowest BCUT2D eigenvalue weighted by Gasteiger charge is -2.12. The molecule has 0 spiro atoms. The zero-order valence-electron chi connectivity index (χ0n) is 14.8. The van der Waals surface area contributed by atoms with Gasteiger partial charge in [-0.1, -0.05) is 18.2 Å². The summed E-state index contributed by atoms with van der Waals surface area (Å²) in [4.78, 5) is 16.8. The topological polar surface area (TPSA) is 87.0 Å². The van der Waals surface area contributed by atoms with E-state index in [0.717, 1.165) is 5.69 Å². The number of carbonyl (C=O) groups is 1. The predicted molar refractivity (Wildman–Crippen MR) is 104 cm³/mol. The van der Waals surface area contributed by atoms with E-state index in [1.807, 2.05) is 37.3 Å². The average Bonchev–Trinajstić information content (AvgIpc) is 2.70. The maximum Gasteiger partial charge on any atom is 0.255 e. The molecular weight excluding hydrogens is 340 g/mol. The van der Waals surface area contributed by atoms with Gasteiger partial charge in [-0.05, 0) is 49.4 Å². The number of rotatable bonds is 6. The van der Waals surface area contributed by atoms with Gasteiger partial charge in [0.05, 0.1) is 23.9 Å². The third kappa shape index (κ3) is 4.61. The third-order valence-corrected chi connectivity index (χ3v) is 3.72. The number of amides is 1. The van der Waals surface area contributed by atoms with Crippen LogP contribution in [0.5, 0.6) is 5.75 Å². The largest absolute Gasteiger partial charge is 0.492 e. The molecule has 0 bridgehead atoms. The van der Waals surface area contributed by atoms with Crippen molar-refractivity contribution in [3.63, 3.8) is 0 Å². The Kier molecular flexibility index (Phi) is 5.65. The third-order valence-electron chi connectivity index (χ3n) is 3.72. The lowest BCUT2D eigenvalue weighted by molar-refractivity contribution is 0.102. The lowest BCUT2D eigenvalue weighted by atomic mass is 10.2. The van der Waals surface area contributed by atoms with Crippen LogP contribution in [0, 0.1) is 11.3 Å². The zero-order valence-corrected chi connectivity index (χ0v) is 14.8. The Labute approximate surface area is 157 Å². The second-order valence-electron chi connectivity index (χ2n) is 5.63. The number of hydrogen-bond donors (Lipinski definition) is 2. The van der Waals surface area contributed by atoms with Crippen molar-refractivity contribution < 1.29 is 9.53 Å². The standard InChI is InChI=1S/C21H18N4O2/c1-2-27-19-9-4-3-8-18(19)25-20-13-16(10-11-23-20)21(26)24-17-7-5-6-15(12-17)14-22/h3-13H,2H2,1H3,(H,23,25)(H,24,26). The minimum Gasteiger partial charge on any atom is -0.492 e. The summed E-state index contributed by atoms with van der Waals surface area (Å²) in [5.74, 6) is 0.958. The number of pyridine rings is 1. The number of nitrogens with one attached hydrogen (secondary N) is 2. The molecular formula is C21H18N4O2. The van der Waals surface area contributed by atoms with E-state index in [9.17, 15) is 4.79 Å². The van der Waals surface area contributed by atoms with E-state index in [2.05, 4.69) is 15.6 Å². The fourth-order valence-electron chi connectivity index (χ4n) is 2.50. The summed E-state index contributed by atoms with van der Waals surface area (Å²) in [5.41, 5.74) is 2.26. The van der Waals surface area contributed by atoms with Crippen molar-refractivity contribution >= 4 is 23.1 Å². The molecule has 27 heavy (non-hydrogen) atoms. The first-order chi connectivity index (χ1) is 13.2. The Morgan fingerprint density at radius 3 is 2.81 bits per heavy atom. The van der Waals surface area contributed by atoms with Crippen molar-refractivity contribution in [3.05, 3.63) is 78.0 Å². The van der Waals surface area contributed by atoms with Gasteiger partial charge in [-0.15, -0.1) is 0 Å². The van der Waals surface area contributed by atoms with Crippen LogP contribution in [-0.2, 0) is 0 Å². The summed E-state index contributed by atoms with van der Waals surface area (Å²) in [6, 6.07) is 19.6. The molecule has 3 aromatic rings. The molecule has 2 N–H and O–H groups in total. The van der Waals surface area contributed by atoms with Crippen molar-refractivity contribution in [2.24, 2.45) is 0 Å². The summed E-state index contributed by atoms with van der Waals surface area (Å²) >= 11 is 0. The second-order valence-corrected chi connectivity index (χ2v) is 5.63. The van der Waals surface area contributed by atoms with Crippen LogP contribution in [-0.4, -0.2) is 17.5 Å². The van der Waals surface area contributed by atoms with Crippen LogP contribution in [0.3, 0.4) is 0 Å². The number of carbonyl (C=O) groups excluding carboxylic acids is 1. The van der Waals surface area contributed by atoms with Crippen LogP contribution >= 0.6 is 0 Å². The van der Waals surface area contributed by atoms with Gasteiger partial charge in [0, 0.05) is 17.4 Å². The summed E-state index contributed by atoms with van der Waals surface area (Å²) in [5, 5.41) is 14.9. The predicted octanol–water partition coefficient (Wildman–Crippen LogP) is 4.35. The molecule has 0 unspecified atom stereocenters. The van der Waals surface area contributed by atoms with Gasteiger partial charge in [0.25, 0.3) is 5.91 Å². The first-order valence-corrected chi connectivity index (χ1v) is 8.46. The summed E-state index contributed by atoms with van der Waals surface area (Å²) in [7, 11) is 0. The number of hydrogen-bond acceptors (Lipinski definition) is 5. The molecule has 6 heteroatoms. The molecule has 1 amide bonds. The highest BCUT2D eigenvalue weighted by Gasteiger charge is 2.09. The van der Waals surface area contributed by atoms with Crippen molar-refractivity contribution in [2.45, 2.75) is 6.92 Å². The number of benzene rings is 2. The second kappa shape index (κ2) is 8.50. The van der Waals surface area contributed by atoms with Gasteiger partial charge in [0.15, 0.2) is 0 Å². The molecule has 0 saturated carbocycles. The highest BCUT2D eigenvalue weighted by molar-refractivity contribution is 6.04. The van der Waals surface area contributed by atoms with Gasteiger partial charge in [-0.25, -0.2) is 4.98 Å². The number of anilines is 3. The monoisotopic (exact) mass is 358 g/mol. The van der Waals surface area contributed by atoms with Crippen LogP contribution in [0.15, 0.2) is 66.9 Å². The van der Waals surface area contributed by atoms with Gasteiger partial charge >= 0.3 is 0 Å². The SMILES string of the molecule is CCOc1ccccc1Nc1cc(C(=O)Nc2cccc(C#N)c2)ccn1. The normalized spacial score (nSPS) is 9.93. The number of ether oxygens (including phenoxy) is 1. The van der Waals surface area contributed by atoms with Crippen LogP contribution in [0.25, 0.3) is 0 Å². The highest BCUT2D eigenvalue weighted by atomic mass is 16.5. The Hall–Kier alpha value is -3.85. The fraction of sp³-hybridized carbons (Fsp3) is 0.0952. The van der Waals surface area contributed by atoms with E-state index in [1.54, 1.807) is 42.6 Å².